The van der Waals surface area contributed by atoms with Crippen molar-refractivity contribution in [1.29, 1.82) is 0 Å². The number of halogens is 2. The third-order valence-electron chi connectivity index (χ3n) is 2.50. The van der Waals surface area contributed by atoms with E-state index in [1.165, 1.54) is 17.7 Å². The van der Waals surface area contributed by atoms with Gasteiger partial charge in [0.15, 0.2) is 0 Å². The van der Waals surface area contributed by atoms with E-state index in [9.17, 15) is 4.79 Å². The zero-order valence-electron chi connectivity index (χ0n) is 9.37. The summed E-state index contributed by atoms with van der Waals surface area (Å²) in [6.07, 6.45) is 2.63. The fraction of sp³-hybridized carbons (Fsp3) is 0.545. The summed E-state index contributed by atoms with van der Waals surface area (Å²) in [6, 6.07) is 2.03. The maximum Gasteiger partial charge on any atom is 0.234 e. The Balaban J connectivity index is 0.00000144. The van der Waals surface area contributed by atoms with Crippen LogP contribution >= 0.6 is 39.7 Å². The molecule has 0 atom stereocenters. The molecular formula is C11H16BrClN2OS. The number of nitrogens with one attached hydrogen (secondary N) is 2. The molecule has 1 heterocycles. The lowest BCUT2D eigenvalue weighted by atomic mass is 10.4. The molecule has 0 aromatic carbocycles. The van der Waals surface area contributed by atoms with Crippen LogP contribution in [0.5, 0.6) is 0 Å². The van der Waals surface area contributed by atoms with Gasteiger partial charge in [-0.2, -0.15) is 0 Å². The van der Waals surface area contributed by atoms with Gasteiger partial charge in [0, 0.05) is 14.7 Å². The first-order valence-electron chi connectivity index (χ1n) is 5.44. The monoisotopic (exact) mass is 338 g/mol. The van der Waals surface area contributed by atoms with E-state index in [0.29, 0.717) is 13.1 Å². The van der Waals surface area contributed by atoms with Gasteiger partial charge in [-0.25, -0.2) is 0 Å². The molecular weight excluding hydrogens is 324 g/mol. The number of thiophene rings is 1. The highest BCUT2D eigenvalue weighted by atomic mass is 79.9. The van der Waals surface area contributed by atoms with Gasteiger partial charge < -0.3 is 10.6 Å². The zero-order chi connectivity index (χ0) is 11.4. The van der Waals surface area contributed by atoms with E-state index in [1.54, 1.807) is 11.3 Å². The molecule has 1 aromatic rings. The number of carbonyl (C=O) groups is 1. The van der Waals surface area contributed by atoms with Gasteiger partial charge in [-0.3, -0.25) is 4.79 Å². The van der Waals surface area contributed by atoms with Gasteiger partial charge in [0.1, 0.15) is 0 Å². The van der Waals surface area contributed by atoms with Crippen molar-refractivity contribution in [2.75, 3.05) is 13.1 Å². The Morgan fingerprint density at radius 2 is 2.29 bits per heavy atom. The van der Waals surface area contributed by atoms with Crippen molar-refractivity contribution in [3.05, 3.63) is 20.8 Å². The SMILES string of the molecule is Cl.O=C(CNCC1CC1)NCc1cc(Br)cs1. The predicted molar refractivity (Wildman–Crippen MR) is 76.7 cm³/mol. The van der Waals surface area contributed by atoms with E-state index >= 15 is 0 Å². The molecule has 17 heavy (non-hydrogen) atoms. The number of rotatable bonds is 6. The van der Waals surface area contributed by atoms with Gasteiger partial charge in [-0.15, -0.1) is 23.7 Å². The smallest absolute Gasteiger partial charge is 0.234 e. The van der Waals surface area contributed by atoms with Crippen molar-refractivity contribution in [3.8, 4) is 0 Å². The van der Waals surface area contributed by atoms with Crippen molar-refractivity contribution < 1.29 is 4.79 Å². The van der Waals surface area contributed by atoms with E-state index in [2.05, 4.69) is 26.6 Å². The van der Waals surface area contributed by atoms with Crippen molar-refractivity contribution in [1.82, 2.24) is 10.6 Å². The van der Waals surface area contributed by atoms with Gasteiger partial charge in [0.2, 0.25) is 5.91 Å². The van der Waals surface area contributed by atoms with Gasteiger partial charge in [-0.05, 0) is 47.3 Å². The van der Waals surface area contributed by atoms with E-state index < -0.39 is 0 Å². The molecule has 0 bridgehead atoms. The Kier molecular flexibility index (Phi) is 6.48. The minimum atomic E-state index is 0. The average molecular weight is 340 g/mol. The maximum absolute atomic E-state index is 11.4. The third-order valence-corrected chi connectivity index (χ3v) is 4.19. The molecule has 2 N–H and O–H groups in total. The first-order chi connectivity index (χ1) is 7.74. The summed E-state index contributed by atoms with van der Waals surface area (Å²) in [7, 11) is 0. The van der Waals surface area contributed by atoms with Crippen molar-refractivity contribution >= 4 is 45.6 Å². The molecule has 1 aliphatic rings. The molecule has 0 saturated heterocycles. The Morgan fingerprint density at radius 1 is 1.53 bits per heavy atom. The minimum absolute atomic E-state index is 0. The molecule has 0 radical (unpaired) electrons. The normalized spacial score (nSPS) is 14.2. The Bertz CT molecular complexity index is 368. The number of amides is 1. The Morgan fingerprint density at radius 3 is 2.88 bits per heavy atom. The number of hydrogen-bond acceptors (Lipinski definition) is 3. The highest BCUT2D eigenvalue weighted by Gasteiger charge is 2.20. The predicted octanol–water partition coefficient (Wildman–Crippen LogP) is 2.55. The van der Waals surface area contributed by atoms with Crippen molar-refractivity contribution in [2.45, 2.75) is 19.4 Å². The van der Waals surface area contributed by atoms with Gasteiger partial charge >= 0.3 is 0 Å². The van der Waals surface area contributed by atoms with Crippen LogP contribution in [0.4, 0.5) is 0 Å². The third kappa shape index (κ3) is 5.86. The molecule has 1 amide bonds. The summed E-state index contributed by atoms with van der Waals surface area (Å²) < 4.78 is 1.08. The molecule has 1 fully saturated rings. The fourth-order valence-electron chi connectivity index (χ4n) is 1.41. The van der Waals surface area contributed by atoms with Crippen LogP contribution in [-0.2, 0) is 11.3 Å². The first-order valence-corrected chi connectivity index (χ1v) is 7.11. The summed E-state index contributed by atoms with van der Waals surface area (Å²) in [5.41, 5.74) is 0. The van der Waals surface area contributed by atoms with Gasteiger partial charge in [-0.1, -0.05) is 0 Å². The fourth-order valence-corrected chi connectivity index (χ4v) is 2.80. The molecule has 0 unspecified atom stereocenters. The van der Waals surface area contributed by atoms with Crippen LogP contribution in [0, 0.1) is 5.92 Å². The lowest BCUT2D eigenvalue weighted by Crippen LogP contribution is -2.34. The standard InChI is InChI=1S/C11H15BrN2OS.ClH/c12-9-3-10(16-7-9)5-14-11(15)6-13-4-8-1-2-8;/h3,7-8,13H,1-2,4-6H2,(H,14,15);1H. The van der Waals surface area contributed by atoms with Crippen LogP contribution < -0.4 is 10.6 Å². The van der Waals surface area contributed by atoms with E-state index in [4.69, 9.17) is 0 Å². The quantitative estimate of drug-likeness (QED) is 0.836. The molecule has 0 spiro atoms. The van der Waals surface area contributed by atoms with Gasteiger partial charge in [0.05, 0.1) is 13.1 Å². The summed E-state index contributed by atoms with van der Waals surface area (Å²) in [5, 5.41) is 8.09. The van der Waals surface area contributed by atoms with Crippen LogP contribution in [0.15, 0.2) is 15.9 Å². The van der Waals surface area contributed by atoms with E-state index in [0.717, 1.165) is 16.9 Å². The Hall–Kier alpha value is -0.100. The molecule has 6 heteroatoms. The number of carbonyl (C=O) groups excluding carboxylic acids is 1. The van der Waals surface area contributed by atoms with Crippen LogP contribution in [0.2, 0.25) is 0 Å². The molecule has 96 valence electrons. The second kappa shape index (κ2) is 7.36. The zero-order valence-corrected chi connectivity index (χ0v) is 12.6. The van der Waals surface area contributed by atoms with Crippen LogP contribution in [-0.4, -0.2) is 19.0 Å². The van der Waals surface area contributed by atoms with E-state index in [1.807, 2.05) is 11.4 Å². The Labute approximate surface area is 120 Å². The molecule has 1 aliphatic carbocycles. The van der Waals surface area contributed by atoms with Gasteiger partial charge in [0.25, 0.3) is 0 Å². The summed E-state index contributed by atoms with van der Waals surface area (Å²) in [6.45, 7) is 2.04. The van der Waals surface area contributed by atoms with Crippen LogP contribution in [0.25, 0.3) is 0 Å². The largest absolute Gasteiger partial charge is 0.350 e. The molecule has 3 nitrogen and oxygen atoms in total. The summed E-state index contributed by atoms with van der Waals surface area (Å²) in [4.78, 5) is 12.6. The highest BCUT2D eigenvalue weighted by Crippen LogP contribution is 2.27. The average Bonchev–Trinajstić information content (AvgIpc) is 2.98. The molecule has 1 aromatic heterocycles. The second-order valence-corrected chi connectivity index (χ2v) is 5.99. The summed E-state index contributed by atoms with van der Waals surface area (Å²) >= 11 is 5.04. The molecule has 1 saturated carbocycles. The highest BCUT2D eigenvalue weighted by molar-refractivity contribution is 9.10. The van der Waals surface area contributed by atoms with Crippen molar-refractivity contribution in [2.24, 2.45) is 5.92 Å². The topological polar surface area (TPSA) is 41.1 Å². The summed E-state index contributed by atoms with van der Waals surface area (Å²) in [5.74, 6) is 0.895. The molecule has 2 rings (SSSR count). The lowest BCUT2D eigenvalue weighted by molar-refractivity contribution is -0.120. The molecule has 0 aliphatic heterocycles. The van der Waals surface area contributed by atoms with E-state index in [-0.39, 0.29) is 18.3 Å². The second-order valence-electron chi connectivity index (χ2n) is 4.08. The maximum atomic E-state index is 11.4. The van der Waals surface area contributed by atoms with Crippen LogP contribution in [0.3, 0.4) is 0 Å². The minimum Gasteiger partial charge on any atom is -0.350 e. The van der Waals surface area contributed by atoms with Crippen molar-refractivity contribution in [3.63, 3.8) is 0 Å². The van der Waals surface area contributed by atoms with Crippen LogP contribution in [0.1, 0.15) is 17.7 Å². The lowest BCUT2D eigenvalue weighted by Gasteiger charge is -2.04. The number of hydrogen-bond donors (Lipinski definition) is 2. The first kappa shape index (κ1) is 15.0.